The molecule has 0 bridgehead atoms. The first kappa shape index (κ1) is 11.2. The van der Waals surface area contributed by atoms with Gasteiger partial charge in [-0.25, -0.2) is 0 Å². The minimum atomic E-state index is -2.76. The van der Waals surface area contributed by atoms with Gasteiger partial charge >= 0.3 is 6.61 Å². The predicted octanol–water partition coefficient (Wildman–Crippen LogP) is 3.45. The van der Waals surface area contributed by atoms with Crippen molar-refractivity contribution in [2.75, 3.05) is 11.9 Å². The van der Waals surface area contributed by atoms with Gasteiger partial charge in [-0.2, -0.15) is 8.78 Å². The molecular formula is C12H15F2NO. The molecule has 2 rings (SSSR count). The molecule has 4 heteroatoms. The molecule has 1 aliphatic rings. The van der Waals surface area contributed by atoms with Crippen molar-refractivity contribution in [3.05, 3.63) is 23.8 Å². The number of anilines is 1. The quantitative estimate of drug-likeness (QED) is 0.853. The van der Waals surface area contributed by atoms with Gasteiger partial charge in [0.05, 0.1) is 0 Å². The number of alkyl halides is 2. The van der Waals surface area contributed by atoms with E-state index in [4.69, 9.17) is 0 Å². The van der Waals surface area contributed by atoms with Crippen molar-refractivity contribution in [1.29, 1.82) is 0 Å². The molecule has 88 valence electrons. The zero-order chi connectivity index (χ0) is 11.7. The summed E-state index contributed by atoms with van der Waals surface area (Å²) >= 11 is 0. The Morgan fingerprint density at radius 1 is 1.38 bits per heavy atom. The van der Waals surface area contributed by atoms with E-state index in [1.807, 2.05) is 0 Å². The van der Waals surface area contributed by atoms with Crippen LogP contribution in [0.4, 0.5) is 14.5 Å². The van der Waals surface area contributed by atoms with Crippen LogP contribution in [0.15, 0.2) is 18.2 Å². The summed E-state index contributed by atoms with van der Waals surface area (Å²) in [6, 6.07) is 5.09. The van der Waals surface area contributed by atoms with Crippen molar-refractivity contribution in [2.24, 2.45) is 5.92 Å². The van der Waals surface area contributed by atoms with Crippen molar-refractivity contribution in [3.8, 4) is 5.75 Å². The van der Waals surface area contributed by atoms with Crippen molar-refractivity contribution in [3.63, 3.8) is 0 Å². The fourth-order valence-electron chi connectivity index (χ4n) is 2.11. The van der Waals surface area contributed by atoms with Crippen molar-refractivity contribution in [1.82, 2.24) is 0 Å². The van der Waals surface area contributed by atoms with E-state index in [-0.39, 0.29) is 5.75 Å². The first-order valence-electron chi connectivity index (χ1n) is 5.40. The Kier molecular flexibility index (Phi) is 2.99. The largest absolute Gasteiger partial charge is 0.435 e. The lowest BCUT2D eigenvalue weighted by atomic mass is 9.90. The number of halogens is 2. The standard InChI is InChI=1S/C12H15F2NO/c1-7(2)10-6-15-11-4-3-8(5-9(10)11)16-12(13)14/h3-5,7,10,12,15H,6H2,1-2H3. The molecule has 0 radical (unpaired) electrons. The molecule has 1 unspecified atom stereocenters. The highest BCUT2D eigenvalue weighted by Gasteiger charge is 2.25. The maximum atomic E-state index is 12.1. The fourth-order valence-corrected chi connectivity index (χ4v) is 2.11. The van der Waals surface area contributed by atoms with Gasteiger partial charge in [0.1, 0.15) is 5.75 Å². The molecule has 0 fully saturated rings. The number of benzene rings is 1. The second-order valence-electron chi connectivity index (χ2n) is 4.36. The first-order chi connectivity index (χ1) is 7.58. The normalized spacial score (nSPS) is 18.8. The van der Waals surface area contributed by atoms with Crippen molar-refractivity contribution >= 4 is 5.69 Å². The van der Waals surface area contributed by atoms with E-state index in [1.54, 1.807) is 18.2 Å². The highest BCUT2D eigenvalue weighted by atomic mass is 19.3. The van der Waals surface area contributed by atoms with Crippen LogP contribution in [-0.2, 0) is 0 Å². The lowest BCUT2D eigenvalue weighted by Crippen LogP contribution is -2.08. The average molecular weight is 227 g/mol. The van der Waals surface area contributed by atoms with Crippen molar-refractivity contribution < 1.29 is 13.5 Å². The van der Waals surface area contributed by atoms with Crippen LogP contribution < -0.4 is 10.1 Å². The molecular weight excluding hydrogens is 212 g/mol. The lowest BCUT2D eigenvalue weighted by molar-refractivity contribution is -0.0498. The molecule has 1 aliphatic heterocycles. The highest BCUT2D eigenvalue weighted by molar-refractivity contribution is 5.60. The summed E-state index contributed by atoms with van der Waals surface area (Å²) in [5, 5.41) is 3.27. The Bertz CT molecular complexity index is 379. The number of fused-ring (bicyclic) bond motifs is 1. The predicted molar refractivity (Wildman–Crippen MR) is 59.1 cm³/mol. The van der Waals surface area contributed by atoms with Crippen LogP contribution >= 0.6 is 0 Å². The zero-order valence-electron chi connectivity index (χ0n) is 9.34. The van der Waals surface area contributed by atoms with Crippen LogP contribution in [0.2, 0.25) is 0 Å². The monoisotopic (exact) mass is 227 g/mol. The molecule has 0 saturated carbocycles. The van der Waals surface area contributed by atoms with Gasteiger partial charge in [0.2, 0.25) is 0 Å². The second-order valence-corrected chi connectivity index (χ2v) is 4.36. The third-order valence-corrected chi connectivity index (χ3v) is 2.96. The summed E-state index contributed by atoms with van der Waals surface area (Å²) in [5.74, 6) is 1.09. The Morgan fingerprint density at radius 2 is 2.12 bits per heavy atom. The Hall–Kier alpha value is -1.32. The van der Waals surface area contributed by atoms with E-state index < -0.39 is 6.61 Å². The zero-order valence-corrected chi connectivity index (χ0v) is 9.34. The molecule has 1 heterocycles. The summed E-state index contributed by atoms with van der Waals surface area (Å²) < 4.78 is 28.6. The van der Waals surface area contributed by atoms with Crippen LogP contribution in [0, 0.1) is 5.92 Å². The van der Waals surface area contributed by atoms with E-state index in [9.17, 15) is 8.78 Å². The summed E-state index contributed by atoms with van der Waals surface area (Å²) in [5.41, 5.74) is 2.11. The minimum Gasteiger partial charge on any atom is -0.435 e. The average Bonchev–Trinajstić information content (AvgIpc) is 2.59. The maximum absolute atomic E-state index is 12.1. The van der Waals surface area contributed by atoms with Gasteiger partial charge in [0.15, 0.2) is 0 Å². The molecule has 0 spiro atoms. The summed E-state index contributed by atoms with van der Waals surface area (Å²) in [4.78, 5) is 0. The lowest BCUT2D eigenvalue weighted by Gasteiger charge is -2.15. The molecule has 0 aromatic heterocycles. The molecule has 16 heavy (non-hydrogen) atoms. The van der Waals surface area contributed by atoms with Crippen LogP contribution in [0.1, 0.15) is 25.3 Å². The van der Waals surface area contributed by atoms with E-state index in [2.05, 4.69) is 23.9 Å². The number of ether oxygens (including phenoxy) is 1. The van der Waals surface area contributed by atoms with Crippen molar-refractivity contribution in [2.45, 2.75) is 26.4 Å². The molecule has 0 aliphatic carbocycles. The third-order valence-electron chi connectivity index (χ3n) is 2.96. The SMILES string of the molecule is CC(C)C1CNc2ccc(OC(F)F)cc21. The molecule has 1 atom stereocenters. The summed E-state index contributed by atoms with van der Waals surface area (Å²) in [6.45, 7) is 2.36. The van der Waals surface area contributed by atoms with Crippen LogP contribution in [0.3, 0.4) is 0 Å². The minimum absolute atomic E-state index is 0.239. The van der Waals surface area contributed by atoms with E-state index in [0.717, 1.165) is 17.8 Å². The summed E-state index contributed by atoms with van der Waals surface area (Å²) in [7, 11) is 0. The molecule has 1 aromatic carbocycles. The topological polar surface area (TPSA) is 21.3 Å². The molecule has 0 amide bonds. The van der Waals surface area contributed by atoms with E-state index in [0.29, 0.717) is 11.8 Å². The van der Waals surface area contributed by atoms with Crippen LogP contribution in [0.25, 0.3) is 0 Å². The second kappa shape index (κ2) is 4.28. The Balaban J connectivity index is 2.26. The number of rotatable bonds is 3. The van der Waals surface area contributed by atoms with Gasteiger partial charge in [-0.05, 0) is 29.7 Å². The van der Waals surface area contributed by atoms with Crippen LogP contribution in [0.5, 0.6) is 5.75 Å². The smallest absolute Gasteiger partial charge is 0.387 e. The van der Waals surface area contributed by atoms with E-state index >= 15 is 0 Å². The Labute approximate surface area is 93.6 Å². The number of hydrogen-bond acceptors (Lipinski definition) is 2. The van der Waals surface area contributed by atoms with Gasteiger partial charge in [-0.3, -0.25) is 0 Å². The van der Waals surface area contributed by atoms with Gasteiger partial charge < -0.3 is 10.1 Å². The summed E-state index contributed by atoms with van der Waals surface area (Å²) in [6.07, 6.45) is 0. The fraction of sp³-hybridized carbons (Fsp3) is 0.500. The molecule has 2 nitrogen and oxygen atoms in total. The van der Waals surface area contributed by atoms with E-state index in [1.165, 1.54) is 0 Å². The van der Waals surface area contributed by atoms with Gasteiger partial charge in [-0.15, -0.1) is 0 Å². The Morgan fingerprint density at radius 3 is 2.75 bits per heavy atom. The molecule has 0 saturated heterocycles. The third kappa shape index (κ3) is 2.10. The highest BCUT2D eigenvalue weighted by Crippen LogP contribution is 2.38. The molecule has 1 N–H and O–H groups in total. The van der Waals surface area contributed by atoms with Gasteiger partial charge in [0, 0.05) is 18.2 Å². The number of nitrogens with one attached hydrogen (secondary N) is 1. The van der Waals surface area contributed by atoms with Crippen LogP contribution in [-0.4, -0.2) is 13.2 Å². The van der Waals surface area contributed by atoms with Gasteiger partial charge in [-0.1, -0.05) is 13.8 Å². The molecule has 1 aromatic rings. The maximum Gasteiger partial charge on any atom is 0.387 e. The number of hydrogen-bond donors (Lipinski definition) is 1. The first-order valence-corrected chi connectivity index (χ1v) is 5.40. The van der Waals surface area contributed by atoms with Gasteiger partial charge in [0.25, 0.3) is 0 Å².